The molecular formula is C21H32O2. The van der Waals surface area contributed by atoms with Crippen LogP contribution in [-0.2, 0) is 4.79 Å². The smallest absolute Gasteiger partial charge is 0.133 e. The minimum atomic E-state index is -0.117. The second-order valence-corrected chi connectivity index (χ2v) is 9.44. The summed E-state index contributed by atoms with van der Waals surface area (Å²) in [7, 11) is 0. The van der Waals surface area contributed by atoms with Crippen molar-refractivity contribution in [3.8, 4) is 0 Å². The van der Waals surface area contributed by atoms with Crippen LogP contribution in [-0.4, -0.2) is 17.0 Å². The fraction of sp³-hybridized carbons (Fsp3) is 0.857. The number of aliphatic hydroxyl groups excluding tert-OH is 1. The molecule has 128 valence electrons. The van der Waals surface area contributed by atoms with Crippen LogP contribution in [0.2, 0.25) is 0 Å². The van der Waals surface area contributed by atoms with E-state index >= 15 is 0 Å². The molecule has 0 aliphatic heterocycles. The van der Waals surface area contributed by atoms with Crippen molar-refractivity contribution in [1.82, 2.24) is 0 Å². The van der Waals surface area contributed by atoms with Gasteiger partial charge in [0, 0.05) is 5.92 Å². The van der Waals surface area contributed by atoms with Crippen LogP contribution in [0.5, 0.6) is 0 Å². The van der Waals surface area contributed by atoms with E-state index in [4.69, 9.17) is 0 Å². The quantitative estimate of drug-likeness (QED) is 0.722. The number of hydrogen-bond donors (Lipinski definition) is 1. The van der Waals surface area contributed by atoms with Crippen molar-refractivity contribution in [1.29, 1.82) is 0 Å². The number of carbonyl (C=O) groups is 1. The van der Waals surface area contributed by atoms with Gasteiger partial charge in [0.25, 0.3) is 0 Å². The molecule has 0 aromatic rings. The monoisotopic (exact) mass is 316 g/mol. The van der Waals surface area contributed by atoms with Crippen LogP contribution in [0.1, 0.15) is 72.1 Å². The molecule has 0 heterocycles. The van der Waals surface area contributed by atoms with Gasteiger partial charge in [-0.1, -0.05) is 25.5 Å². The lowest BCUT2D eigenvalue weighted by Crippen LogP contribution is -2.50. The second-order valence-electron chi connectivity index (χ2n) is 9.44. The van der Waals surface area contributed by atoms with E-state index in [9.17, 15) is 9.90 Å². The van der Waals surface area contributed by atoms with Crippen LogP contribution in [0.4, 0.5) is 0 Å². The summed E-state index contributed by atoms with van der Waals surface area (Å²) in [6.07, 6.45) is 11.5. The molecule has 0 unspecified atom stereocenters. The van der Waals surface area contributed by atoms with Gasteiger partial charge < -0.3 is 5.11 Å². The molecular weight excluding hydrogens is 284 g/mol. The zero-order chi connectivity index (χ0) is 16.4. The lowest BCUT2D eigenvalue weighted by molar-refractivity contribution is -0.127. The lowest BCUT2D eigenvalue weighted by Gasteiger charge is -2.57. The van der Waals surface area contributed by atoms with E-state index in [-0.39, 0.29) is 11.5 Å². The van der Waals surface area contributed by atoms with Crippen LogP contribution >= 0.6 is 0 Å². The van der Waals surface area contributed by atoms with Crippen LogP contribution in [0.25, 0.3) is 0 Å². The Balaban J connectivity index is 1.66. The van der Waals surface area contributed by atoms with Crippen molar-refractivity contribution in [2.45, 2.75) is 78.2 Å². The summed E-state index contributed by atoms with van der Waals surface area (Å²) < 4.78 is 0. The summed E-state index contributed by atoms with van der Waals surface area (Å²) in [6, 6.07) is 0. The Labute approximate surface area is 140 Å². The molecule has 4 rings (SSSR count). The van der Waals surface area contributed by atoms with Crippen LogP contribution in [0.15, 0.2) is 11.6 Å². The van der Waals surface area contributed by atoms with E-state index in [0.29, 0.717) is 17.1 Å². The van der Waals surface area contributed by atoms with Crippen molar-refractivity contribution in [2.75, 3.05) is 0 Å². The molecule has 0 aromatic carbocycles. The van der Waals surface area contributed by atoms with E-state index in [2.05, 4.69) is 19.9 Å². The molecule has 0 radical (unpaired) electrons. The largest absolute Gasteiger partial charge is 0.393 e. The fourth-order valence-corrected chi connectivity index (χ4v) is 7.31. The summed E-state index contributed by atoms with van der Waals surface area (Å²) in [5.74, 6) is 3.00. The highest BCUT2D eigenvalue weighted by Crippen LogP contribution is 2.66. The van der Waals surface area contributed by atoms with Gasteiger partial charge in [0.1, 0.15) is 5.78 Å². The van der Waals surface area contributed by atoms with E-state index in [1.807, 2.05) is 6.92 Å². The van der Waals surface area contributed by atoms with Crippen molar-refractivity contribution in [3.63, 3.8) is 0 Å². The fourth-order valence-electron chi connectivity index (χ4n) is 7.31. The Morgan fingerprint density at radius 1 is 1.13 bits per heavy atom. The predicted molar refractivity (Wildman–Crippen MR) is 91.9 cm³/mol. The summed E-state index contributed by atoms with van der Waals surface area (Å²) in [4.78, 5) is 12.2. The normalized spacial score (nSPS) is 52.2. The molecule has 3 saturated carbocycles. The van der Waals surface area contributed by atoms with E-state index in [1.54, 1.807) is 5.57 Å². The zero-order valence-corrected chi connectivity index (χ0v) is 15.0. The summed E-state index contributed by atoms with van der Waals surface area (Å²) in [5, 5.41) is 10.1. The number of fused-ring (bicyclic) bond motifs is 5. The molecule has 4 aliphatic carbocycles. The minimum absolute atomic E-state index is 0.117. The summed E-state index contributed by atoms with van der Waals surface area (Å²) >= 11 is 0. The standard InChI is InChI=1S/C21H32O2/c1-13(22)17-6-7-18-16-5-4-14-12-15(23)8-10-20(14,2)19(16)9-11-21(17,18)3/h4,15-19,23H,5-12H2,1-3H3/t15-,16+,17+,18+,19-,20+,21-/m1/s1. The number of Topliss-reactive ketones (excluding diaryl/α,β-unsaturated/α-hetero) is 1. The van der Waals surface area contributed by atoms with Gasteiger partial charge in [0.15, 0.2) is 0 Å². The van der Waals surface area contributed by atoms with E-state index in [1.165, 1.54) is 25.7 Å². The first-order valence-corrected chi connectivity index (χ1v) is 9.74. The third-order valence-electron chi connectivity index (χ3n) is 8.57. The molecule has 0 amide bonds. The number of allylic oxidation sites excluding steroid dienone is 1. The zero-order valence-electron chi connectivity index (χ0n) is 15.0. The molecule has 2 heteroatoms. The van der Waals surface area contributed by atoms with E-state index < -0.39 is 0 Å². The molecule has 23 heavy (non-hydrogen) atoms. The summed E-state index contributed by atoms with van der Waals surface area (Å²) in [5.41, 5.74) is 2.11. The molecule has 3 fully saturated rings. The SMILES string of the molecule is CC(=O)[C@@H]1CC[C@H]2[C@@H]3CC=C4C[C@H](O)CC[C@]4(C)[C@@H]3CC[C@]12C. The van der Waals surface area contributed by atoms with Crippen molar-refractivity contribution < 1.29 is 9.90 Å². The minimum Gasteiger partial charge on any atom is -0.393 e. The Hall–Kier alpha value is -0.630. The Kier molecular flexibility index (Phi) is 3.58. The van der Waals surface area contributed by atoms with Crippen LogP contribution in [0, 0.1) is 34.5 Å². The van der Waals surface area contributed by atoms with Gasteiger partial charge in [0.05, 0.1) is 6.10 Å². The number of carbonyl (C=O) groups excluding carboxylic acids is 1. The van der Waals surface area contributed by atoms with Gasteiger partial charge in [-0.25, -0.2) is 0 Å². The maximum absolute atomic E-state index is 12.2. The highest BCUT2D eigenvalue weighted by molar-refractivity contribution is 5.79. The van der Waals surface area contributed by atoms with Crippen LogP contribution in [0.3, 0.4) is 0 Å². The van der Waals surface area contributed by atoms with Gasteiger partial charge in [-0.15, -0.1) is 0 Å². The van der Waals surface area contributed by atoms with Crippen molar-refractivity contribution >= 4 is 5.78 Å². The molecule has 1 N–H and O–H groups in total. The maximum Gasteiger partial charge on any atom is 0.133 e. The predicted octanol–water partition coefficient (Wildman–Crippen LogP) is 4.52. The van der Waals surface area contributed by atoms with Gasteiger partial charge in [-0.05, 0) is 86.9 Å². The molecule has 2 nitrogen and oxygen atoms in total. The lowest BCUT2D eigenvalue weighted by atomic mass is 9.47. The summed E-state index contributed by atoms with van der Waals surface area (Å²) in [6.45, 7) is 6.70. The van der Waals surface area contributed by atoms with Crippen molar-refractivity contribution in [2.24, 2.45) is 34.5 Å². The Morgan fingerprint density at radius 2 is 1.91 bits per heavy atom. The van der Waals surface area contributed by atoms with Gasteiger partial charge in [0.2, 0.25) is 0 Å². The topological polar surface area (TPSA) is 37.3 Å². The molecule has 7 atom stereocenters. The molecule has 4 aliphatic rings. The Bertz CT molecular complexity index is 550. The number of aliphatic hydroxyl groups is 1. The molecule has 0 spiro atoms. The van der Waals surface area contributed by atoms with Gasteiger partial charge in [-0.3, -0.25) is 4.79 Å². The first-order valence-electron chi connectivity index (χ1n) is 9.74. The van der Waals surface area contributed by atoms with Crippen LogP contribution < -0.4 is 0 Å². The van der Waals surface area contributed by atoms with Gasteiger partial charge in [-0.2, -0.15) is 0 Å². The van der Waals surface area contributed by atoms with Crippen molar-refractivity contribution in [3.05, 3.63) is 11.6 Å². The first-order chi connectivity index (χ1) is 10.9. The number of rotatable bonds is 1. The number of ketones is 1. The average Bonchev–Trinajstić information content (AvgIpc) is 2.85. The van der Waals surface area contributed by atoms with Gasteiger partial charge >= 0.3 is 0 Å². The molecule has 0 aromatic heterocycles. The third kappa shape index (κ3) is 2.13. The highest BCUT2D eigenvalue weighted by atomic mass is 16.3. The second kappa shape index (κ2) is 5.18. The Morgan fingerprint density at radius 3 is 2.65 bits per heavy atom. The third-order valence-corrected chi connectivity index (χ3v) is 8.57. The van der Waals surface area contributed by atoms with E-state index in [0.717, 1.165) is 43.4 Å². The highest BCUT2D eigenvalue weighted by Gasteiger charge is 2.59. The first kappa shape index (κ1) is 15.9. The molecule has 0 bridgehead atoms. The maximum atomic E-state index is 12.2. The molecule has 0 saturated heterocycles. The number of hydrogen-bond acceptors (Lipinski definition) is 2. The average molecular weight is 316 g/mol.